The van der Waals surface area contributed by atoms with Crippen molar-refractivity contribution >= 4 is 17.9 Å². The molecule has 0 aromatic carbocycles. The van der Waals surface area contributed by atoms with Crippen LogP contribution in [-0.2, 0) is 22.4 Å². The minimum Gasteiger partial charge on any atom is -0.480 e. The van der Waals surface area contributed by atoms with Gasteiger partial charge in [-0.2, -0.15) is 0 Å². The van der Waals surface area contributed by atoms with E-state index >= 15 is 0 Å². The molecule has 1 saturated heterocycles. The van der Waals surface area contributed by atoms with Gasteiger partial charge in [-0.25, -0.2) is 14.6 Å². The molecule has 2 unspecified atom stereocenters. The standard InChI is InChI=1S/C23H36N4O4/c1-23(2,3)31-22(30)26-19(21(28)29)11-14-27-13-10-16(15-27)6-8-18-9-7-17-5-4-12-24-20(17)25-18/h7,9,16,19H,4-6,8,10-15H2,1-3H3,(H,24,25)(H,26,30)(H,28,29). The number of hydrogen-bond donors (Lipinski definition) is 3. The van der Waals surface area contributed by atoms with Crippen molar-refractivity contribution in [2.24, 2.45) is 5.92 Å². The van der Waals surface area contributed by atoms with Gasteiger partial charge in [0.25, 0.3) is 0 Å². The second-order valence-electron chi connectivity index (χ2n) is 9.66. The second kappa shape index (κ2) is 10.3. The van der Waals surface area contributed by atoms with E-state index < -0.39 is 23.7 Å². The summed E-state index contributed by atoms with van der Waals surface area (Å²) in [6.07, 6.45) is 5.10. The van der Waals surface area contributed by atoms with Crippen LogP contribution in [0.25, 0.3) is 0 Å². The zero-order chi connectivity index (χ0) is 22.4. The van der Waals surface area contributed by atoms with Gasteiger partial charge in [0.1, 0.15) is 17.5 Å². The maximum Gasteiger partial charge on any atom is 0.408 e. The summed E-state index contributed by atoms with van der Waals surface area (Å²) >= 11 is 0. The summed E-state index contributed by atoms with van der Waals surface area (Å²) < 4.78 is 5.18. The minimum absolute atomic E-state index is 0.360. The highest BCUT2D eigenvalue weighted by Crippen LogP contribution is 2.24. The molecule has 1 amide bonds. The number of carbonyl (C=O) groups excluding carboxylic acids is 1. The predicted molar refractivity (Wildman–Crippen MR) is 119 cm³/mol. The number of amides is 1. The Balaban J connectivity index is 1.41. The molecule has 0 spiro atoms. The summed E-state index contributed by atoms with van der Waals surface area (Å²) in [6, 6.07) is 3.41. The maximum atomic E-state index is 11.9. The van der Waals surface area contributed by atoms with Crippen molar-refractivity contribution in [3.63, 3.8) is 0 Å². The van der Waals surface area contributed by atoms with Crippen LogP contribution in [0.1, 0.15) is 57.7 Å². The lowest BCUT2D eigenvalue weighted by molar-refractivity contribution is -0.139. The summed E-state index contributed by atoms with van der Waals surface area (Å²) in [5.41, 5.74) is 1.80. The summed E-state index contributed by atoms with van der Waals surface area (Å²) in [5.74, 6) is 0.607. The fourth-order valence-electron chi connectivity index (χ4n) is 4.23. The Kier molecular flexibility index (Phi) is 7.75. The monoisotopic (exact) mass is 432 g/mol. The summed E-state index contributed by atoms with van der Waals surface area (Å²) in [7, 11) is 0. The van der Waals surface area contributed by atoms with E-state index in [9.17, 15) is 14.7 Å². The van der Waals surface area contributed by atoms with Crippen molar-refractivity contribution in [2.45, 2.75) is 70.9 Å². The molecule has 0 radical (unpaired) electrons. The Labute approximate surface area is 184 Å². The van der Waals surface area contributed by atoms with Gasteiger partial charge < -0.3 is 25.4 Å². The van der Waals surface area contributed by atoms with Crippen LogP contribution in [0.2, 0.25) is 0 Å². The number of aromatic nitrogens is 1. The van der Waals surface area contributed by atoms with Crippen LogP contribution in [-0.4, -0.2) is 64.9 Å². The molecule has 1 aromatic rings. The molecular weight excluding hydrogens is 396 g/mol. The summed E-state index contributed by atoms with van der Waals surface area (Å²) in [6.45, 7) is 8.82. The third kappa shape index (κ3) is 7.38. The molecule has 0 saturated carbocycles. The SMILES string of the molecule is CC(C)(C)OC(=O)NC(CCN1CCC(CCc2ccc3c(n2)NCCC3)C1)C(=O)O. The van der Waals surface area contributed by atoms with Gasteiger partial charge in [-0.05, 0) is 83.4 Å². The van der Waals surface area contributed by atoms with E-state index in [0.717, 1.165) is 56.8 Å². The molecule has 172 valence electrons. The molecule has 8 nitrogen and oxygen atoms in total. The van der Waals surface area contributed by atoms with E-state index in [4.69, 9.17) is 9.72 Å². The number of likely N-dealkylation sites (tertiary alicyclic amines) is 1. The smallest absolute Gasteiger partial charge is 0.408 e. The van der Waals surface area contributed by atoms with Crippen molar-refractivity contribution in [1.82, 2.24) is 15.2 Å². The molecule has 3 N–H and O–H groups in total. The number of ether oxygens (including phenoxy) is 1. The van der Waals surface area contributed by atoms with Gasteiger partial charge in [0.05, 0.1) is 0 Å². The van der Waals surface area contributed by atoms with E-state index in [1.165, 1.54) is 12.0 Å². The number of pyridine rings is 1. The molecule has 2 atom stereocenters. The third-order valence-electron chi connectivity index (χ3n) is 5.85. The Morgan fingerprint density at radius 2 is 2.19 bits per heavy atom. The quantitative estimate of drug-likeness (QED) is 0.580. The molecule has 0 bridgehead atoms. The van der Waals surface area contributed by atoms with Gasteiger partial charge in [-0.3, -0.25) is 0 Å². The number of carbonyl (C=O) groups is 2. The van der Waals surface area contributed by atoms with Crippen molar-refractivity contribution in [1.29, 1.82) is 0 Å². The fourth-order valence-corrected chi connectivity index (χ4v) is 4.23. The number of carboxylic acid groups (broad SMARTS) is 1. The Morgan fingerprint density at radius 1 is 1.39 bits per heavy atom. The summed E-state index contributed by atoms with van der Waals surface area (Å²) in [4.78, 5) is 30.5. The summed E-state index contributed by atoms with van der Waals surface area (Å²) in [5, 5.41) is 15.3. The van der Waals surface area contributed by atoms with E-state index in [0.29, 0.717) is 18.9 Å². The van der Waals surface area contributed by atoms with Gasteiger partial charge in [0.15, 0.2) is 0 Å². The lowest BCUT2D eigenvalue weighted by Crippen LogP contribution is -2.45. The molecule has 1 aromatic heterocycles. The van der Waals surface area contributed by atoms with E-state index in [1.807, 2.05) is 0 Å². The van der Waals surface area contributed by atoms with Gasteiger partial charge >= 0.3 is 12.1 Å². The van der Waals surface area contributed by atoms with Crippen LogP contribution in [0.3, 0.4) is 0 Å². The number of alkyl carbamates (subject to hydrolysis) is 1. The first-order valence-electron chi connectivity index (χ1n) is 11.4. The highest BCUT2D eigenvalue weighted by Gasteiger charge is 2.27. The largest absolute Gasteiger partial charge is 0.480 e. The van der Waals surface area contributed by atoms with E-state index in [-0.39, 0.29) is 0 Å². The van der Waals surface area contributed by atoms with Gasteiger partial charge in [-0.1, -0.05) is 6.07 Å². The number of aryl methyl sites for hydroxylation is 2. The van der Waals surface area contributed by atoms with Crippen LogP contribution < -0.4 is 10.6 Å². The molecule has 31 heavy (non-hydrogen) atoms. The zero-order valence-corrected chi connectivity index (χ0v) is 18.9. The fraction of sp³-hybridized carbons (Fsp3) is 0.696. The highest BCUT2D eigenvalue weighted by atomic mass is 16.6. The van der Waals surface area contributed by atoms with Gasteiger partial charge in [0.2, 0.25) is 0 Å². The molecule has 8 heteroatoms. The topological polar surface area (TPSA) is 104 Å². The van der Waals surface area contributed by atoms with E-state index in [1.54, 1.807) is 20.8 Å². The van der Waals surface area contributed by atoms with Crippen molar-refractivity contribution < 1.29 is 19.4 Å². The van der Waals surface area contributed by atoms with Crippen molar-refractivity contribution in [3.05, 3.63) is 23.4 Å². The van der Waals surface area contributed by atoms with Crippen LogP contribution in [0, 0.1) is 5.92 Å². The first kappa shape index (κ1) is 23.3. The number of anilines is 1. The predicted octanol–water partition coefficient (Wildman–Crippen LogP) is 3.06. The highest BCUT2D eigenvalue weighted by molar-refractivity contribution is 5.80. The maximum absolute atomic E-state index is 11.9. The Hall–Kier alpha value is -2.35. The number of carboxylic acids is 1. The van der Waals surface area contributed by atoms with Crippen LogP contribution >= 0.6 is 0 Å². The minimum atomic E-state index is -1.03. The van der Waals surface area contributed by atoms with E-state index in [2.05, 4.69) is 27.7 Å². The lowest BCUT2D eigenvalue weighted by Gasteiger charge is -2.23. The van der Waals surface area contributed by atoms with Crippen LogP contribution in [0.4, 0.5) is 10.6 Å². The average molecular weight is 433 g/mol. The molecule has 0 aliphatic carbocycles. The number of fused-ring (bicyclic) bond motifs is 1. The third-order valence-corrected chi connectivity index (χ3v) is 5.85. The molecule has 3 rings (SSSR count). The van der Waals surface area contributed by atoms with Crippen LogP contribution in [0.5, 0.6) is 0 Å². The van der Waals surface area contributed by atoms with Crippen molar-refractivity contribution in [2.75, 3.05) is 31.5 Å². The molecular formula is C23H36N4O4. The molecule has 2 aliphatic rings. The first-order valence-corrected chi connectivity index (χ1v) is 11.4. The average Bonchev–Trinajstić information content (AvgIpc) is 3.15. The number of nitrogens with zero attached hydrogens (tertiary/aromatic N) is 2. The Bertz CT molecular complexity index is 777. The zero-order valence-electron chi connectivity index (χ0n) is 18.9. The number of hydrogen-bond acceptors (Lipinski definition) is 6. The Morgan fingerprint density at radius 3 is 2.94 bits per heavy atom. The number of aliphatic carboxylic acids is 1. The van der Waals surface area contributed by atoms with Gasteiger partial charge in [0, 0.05) is 25.3 Å². The molecule has 2 aliphatic heterocycles. The molecule has 3 heterocycles. The van der Waals surface area contributed by atoms with Crippen LogP contribution in [0.15, 0.2) is 12.1 Å². The lowest BCUT2D eigenvalue weighted by atomic mass is 10.00. The van der Waals surface area contributed by atoms with Crippen molar-refractivity contribution in [3.8, 4) is 0 Å². The second-order valence-corrected chi connectivity index (χ2v) is 9.66. The van der Waals surface area contributed by atoms with Gasteiger partial charge in [-0.15, -0.1) is 0 Å². The first-order chi connectivity index (χ1) is 14.7. The number of nitrogens with one attached hydrogen (secondary N) is 2. The normalized spacial score (nSPS) is 19.9. The number of rotatable bonds is 8. The molecule has 1 fully saturated rings.